The van der Waals surface area contributed by atoms with E-state index in [9.17, 15) is 9.59 Å². The molecule has 44 heavy (non-hydrogen) atoms. The number of ether oxygens (including phenoxy) is 5. The Labute approximate surface area is 263 Å². The van der Waals surface area contributed by atoms with Gasteiger partial charge in [-0.1, -0.05) is 47.2 Å². The first-order valence-electron chi connectivity index (χ1n) is 13.9. The second kappa shape index (κ2) is 13.8. The number of benzene rings is 3. The van der Waals surface area contributed by atoms with Crippen LogP contribution in [0, 0.1) is 0 Å². The fraction of sp³-hybridized carbons (Fsp3) is 0.242. The topological polar surface area (TPSA) is 97.6 Å². The van der Waals surface area contributed by atoms with E-state index in [0.29, 0.717) is 62.7 Å². The fourth-order valence-corrected chi connectivity index (χ4v) is 6.00. The second-order valence-corrected chi connectivity index (χ2v) is 11.0. The predicted molar refractivity (Wildman–Crippen MR) is 169 cm³/mol. The number of nitrogens with zero attached hydrogens (tertiary/aromatic N) is 2. The summed E-state index contributed by atoms with van der Waals surface area (Å²) >= 11 is 7.31. The zero-order valence-corrected chi connectivity index (χ0v) is 26.2. The van der Waals surface area contributed by atoms with Crippen molar-refractivity contribution in [1.29, 1.82) is 0 Å². The zero-order chi connectivity index (χ0) is 31.2. The van der Waals surface area contributed by atoms with Crippen LogP contribution in [0.2, 0.25) is 5.02 Å². The van der Waals surface area contributed by atoms with Gasteiger partial charge in [0.1, 0.15) is 6.61 Å². The maximum Gasteiger partial charge on any atom is 0.337 e. The van der Waals surface area contributed by atoms with E-state index >= 15 is 0 Å². The number of hydrogen-bond acceptors (Lipinski definition) is 9. The molecule has 0 spiro atoms. The zero-order valence-electron chi connectivity index (χ0n) is 24.7. The maximum absolute atomic E-state index is 13.9. The van der Waals surface area contributed by atoms with Crippen LogP contribution in [0.3, 0.4) is 0 Å². The SMILES string of the molecule is CCOc1ccc([C@H]2C(C(=O)OC)=CN=c3s/c(=C/c4ccc(OCc5cccc(Cl)c5)c(OC)c4)c(=O)n32)cc1OCC. The lowest BCUT2D eigenvalue weighted by molar-refractivity contribution is -0.136. The number of thiazole rings is 1. The van der Waals surface area contributed by atoms with Gasteiger partial charge in [-0.15, -0.1) is 0 Å². The number of rotatable bonds is 11. The van der Waals surface area contributed by atoms with Gasteiger partial charge in [-0.25, -0.2) is 9.79 Å². The van der Waals surface area contributed by atoms with Gasteiger partial charge in [-0.2, -0.15) is 0 Å². The van der Waals surface area contributed by atoms with Gasteiger partial charge in [0.25, 0.3) is 5.56 Å². The van der Waals surface area contributed by atoms with Crippen molar-refractivity contribution in [2.75, 3.05) is 27.4 Å². The van der Waals surface area contributed by atoms with Crippen LogP contribution >= 0.6 is 22.9 Å². The molecule has 0 N–H and O–H groups in total. The lowest BCUT2D eigenvalue weighted by Gasteiger charge is -2.23. The average Bonchev–Trinajstić information content (AvgIpc) is 3.35. The standard InChI is InChI=1S/C33H31ClN2O7S/c1-5-41-26-13-11-22(17-28(26)42-6-2)30-24(32(38)40-4)18-35-33-36(30)31(37)29(44-33)16-20-10-12-25(27(15-20)39-3)43-19-21-8-7-9-23(34)14-21/h7-18,30H,5-6,19H2,1-4H3/b29-16+/t30-/m0/s1. The summed E-state index contributed by atoms with van der Waals surface area (Å²) in [6, 6.07) is 17.4. The number of hydrogen-bond donors (Lipinski definition) is 0. The number of halogens is 1. The highest BCUT2D eigenvalue weighted by atomic mass is 35.5. The maximum atomic E-state index is 13.9. The highest BCUT2D eigenvalue weighted by molar-refractivity contribution is 7.07. The van der Waals surface area contributed by atoms with Crippen LogP contribution < -0.4 is 33.8 Å². The summed E-state index contributed by atoms with van der Waals surface area (Å²) < 4.78 is 30.1. The van der Waals surface area contributed by atoms with Crippen molar-refractivity contribution in [3.63, 3.8) is 0 Å². The highest BCUT2D eigenvalue weighted by Gasteiger charge is 2.31. The molecule has 0 amide bonds. The molecule has 5 rings (SSSR count). The molecule has 0 saturated carbocycles. The number of carbonyl (C=O) groups is 1. The van der Waals surface area contributed by atoms with Crippen LogP contribution in [-0.2, 0) is 16.1 Å². The molecule has 0 saturated heterocycles. The molecule has 11 heteroatoms. The Morgan fingerprint density at radius 2 is 1.70 bits per heavy atom. The van der Waals surface area contributed by atoms with E-state index in [2.05, 4.69) is 4.99 Å². The monoisotopic (exact) mass is 634 g/mol. The van der Waals surface area contributed by atoms with Gasteiger partial charge in [0.2, 0.25) is 0 Å². The minimum Gasteiger partial charge on any atom is -0.493 e. The van der Waals surface area contributed by atoms with Crippen molar-refractivity contribution in [2.45, 2.75) is 26.5 Å². The van der Waals surface area contributed by atoms with E-state index in [-0.39, 0.29) is 11.1 Å². The number of aromatic nitrogens is 1. The van der Waals surface area contributed by atoms with Gasteiger partial charge in [0, 0.05) is 11.2 Å². The third-order valence-electron chi connectivity index (χ3n) is 6.78. The molecule has 2 heterocycles. The smallest absolute Gasteiger partial charge is 0.337 e. The van der Waals surface area contributed by atoms with Crippen molar-refractivity contribution < 1.29 is 28.5 Å². The number of methoxy groups -OCH3 is 2. The Balaban J connectivity index is 1.53. The molecular weight excluding hydrogens is 604 g/mol. The number of fused-ring (bicyclic) bond motifs is 1. The highest BCUT2D eigenvalue weighted by Crippen LogP contribution is 2.35. The molecule has 1 aliphatic rings. The molecule has 0 radical (unpaired) electrons. The molecule has 228 valence electrons. The van der Waals surface area contributed by atoms with E-state index < -0.39 is 12.0 Å². The predicted octanol–water partition coefficient (Wildman–Crippen LogP) is 5.06. The Morgan fingerprint density at radius 3 is 2.43 bits per heavy atom. The first-order chi connectivity index (χ1) is 21.4. The summed E-state index contributed by atoms with van der Waals surface area (Å²) in [6.45, 7) is 4.95. The first kappa shape index (κ1) is 30.9. The summed E-state index contributed by atoms with van der Waals surface area (Å²) in [4.78, 5) is 31.7. The molecule has 3 aromatic carbocycles. The van der Waals surface area contributed by atoms with Gasteiger partial charge in [0.05, 0.1) is 43.6 Å². The normalized spacial score (nSPS) is 14.2. The molecule has 0 aliphatic carbocycles. The molecular formula is C33H31ClN2O7S. The van der Waals surface area contributed by atoms with Gasteiger partial charge in [-0.05, 0) is 73.0 Å². The third kappa shape index (κ3) is 6.51. The molecule has 0 bridgehead atoms. The van der Waals surface area contributed by atoms with E-state index in [1.807, 2.05) is 44.2 Å². The lowest BCUT2D eigenvalue weighted by atomic mass is 9.97. The third-order valence-corrected chi connectivity index (χ3v) is 8.01. The van der Waals surface area contributed by atoms with E-state index in [1.165, 1.54) is 29.2 Å². The molecule has 1 aromatic heterocycles. The number of carbonyl (C=O) groups excluding carboxylic acids is 1. The van der Waals surface area contributed by atoms with E-state index in [0.717, 1.165) is 11.1 Å². The van der Waals surface area contributed by atoms with Crippen molar-refractivity contribution in [3.8, 4) is 23.0 Å². The molecule has 4 aromatic rings. The van der Waals surface area contributed by atoms with Crippen molar-refractivity contribution >= 4 is 35.0 Å². The Bertz CT molecular complexity index is 1900. The average molecular weight is 635 g/mol. The summed E-state index contributed by atoms with van der Waals surface area (Å²) in [6.07, 6.45) is 3.22. The van der Waals surface area contributed by atoms with Crippen LogP contribution in [-0.4, -0.2) is 38.0 Å². The van der Waals surface area contributed by atoms with Crippen molar-refractivity contribution in [3.05, 3.63) is 114 Å². The van der Waals surface area contributed by atoms with Crippen molar-refractivity contribution in [1.82, 2.24) is 4.57 Å². The quantitative estimate of drug-likeness (QED) is 0.213. The molecule has 0 fully saturated rings. The van der Waals surface area contributed by atoms with Crippen LogP contribution in [0.5, 0.6) is 23.0 Å². The van der Waals surface area contributed by atoms with Crippen LogP contribution in [0.25, 0.3) is 6.08 Å². The van der Waals surface area contributed by atoms with Crippen LogP contribution in [0.15, 0.2) is 82.2 Å². The van der Waals surface area contributed by atoms with Crippen LogP contribution in [0.1, 0.15) is 36.6 Å². The van der Waals surface area contributed by atoms with Gasteiger partial charge >= 0.3 is 5.97 Å². The van der Waals surface area contributed by atoms with Gasteiger partial charge < -0.3 is 23.7 Å². The summed E-state index contributed by atoms with van der Waals surface area (Å²) in [5.41, 5.74) is 2.22. The fourth-order valence-electron chi connectivity index (χ4n) is 4.82. The van der Waals surface area contributed by atoms with Gasteiger partial charge in [-0.3, -0.25) is 9.36 Å². The molecule has 1 aliphatic heterocycles. The van der Waals surface area contributed by atoms with E-state index in [1.54, 1.807) is 43.5 Å². The number of esters is 1. The van der Waals surface area contributed by atoms with Crippen molar-refractivity contribution in [2.24, 2.45) is 4.99 Å². The summed E-state index contributed by atoms with van der Waals surface area (Å²) in [7, 11) is 2.85. The lowest BCUT2D eigenvalue weighted by Crippen LogP contribution is -2.39. The van der Waals surface area contributed by atoms with Gasteiger partial charge in [0.15, 0.2) is 27.8 Å². The molecule has 9 nitrogen and oxygen atoms in total. The largest absolute Gasteiger partial charge is 0.493 e. The van der Waals surface area contributed by atoms with E-state index in [4.69, 9.17) is 35.3 Å². The Kier molecular flexibility index (Phi) is 9.72. The molecule has 1 atom stereocenters. The van der Waals surface area contributed by atoms with Crippen LogP contribution in [0.4, 0.5) is 0 Å². The Hall–Kier alpha value is -4.54. The second-order valence-electron chi connectivity index (χ2n) is 9.58. The summed E-state index contributed by atoms with van der Waals surface area (Å²) in [5, 5.41) is 0.632. The minimum atomic E-state index is -0.785. The first-order valence-corrected chi connectivity index (χ1v) is 15.1. The minimum absolute atomic E-state index is 0.223. The summed E-state index contributed by atoms with van der Waals surface area (Å²) in [5.74, 6) is 1.56. The molecule has 0 unspecified atom stereocenters. The Morgan fingerprint density at radius 1 is 0.955 bits per heavy atom.